The molecule has 0 atom stereocenters. The normalized spacial score (nSPS) is 10.5. The third kappa shape index (κ3) is 1.85. The lowest BCUT2D eigenvalue weighted by molar-refractivity contribution is -0.104. The summed E-state index contributed by atoms with van der Waals surface area (Å²) in [6.45, 7) is 0. The Bertz CT molecular complexity index is 757. The summed E-state index contributed by atoms with van der Waals surface area (Å²) >= 11 is 0. The SMILES string of the molecule is O=CC(=O)c1c(-c2ccccc2)cc2ccccn12. The minimum atomic E-state index is -0.509. The van der Waals surface area contributed by atoms with Gasteiger partial charge in [0.05, 0.1) is 0 Å². The van der Waals surface area contributed by atoms with Gasteiger partial charge in [-0.05, 0) is 23.8 Å². The van der Waals surface area contributed by atoms with Crippen LogP contribution in [0.15, 0.2) is 60.8 Å². The fourth-order valence-corrected chi connectivity index (χ4v) is 2.27. The number of hydrogen-bond donors (Lipinski definition) is 0. The highest BCUT2D eigenvalue weighted by atomic mass is 16.2. The molecule has 3 aromatic rings. The number of carbonyl (C=O) groups excluding carboxylic acids is 2. The largest absolute Gasteiger partial charge is 0.313 e. The van der Waals surface area contributed by atoms with Crippen LogP contribution >= 0.6 is 0 Å². The van der Waals surface area contributed by atoms with Gasteiger partial charge in [-0.25, -0.2) is 0 Å². The quantitative estimate of drug-likeness (QED) is 0.406. The lowest BCUT2D eigenvalue weighted by Gasteiger charge is -2.02. The second kappa shape index (κ2) is 4.53. The van der Waals surface area contributed by atoms with Gasteiger partial charge in [0.25, 0.3) is 0 Å². The molecule has 0 fully saturated rings. The average Bonchev–Trinajstić information content (AvgIpc) is 2.87. The average molecular weight is 249 g/mol. The Morgan fingerprint density at radius 3 is 2.47 bits per heavy atom. The zero-order valence-electron chi connectivity index (χ0n) is 10.1. The maximum atomic E-state index is 11.9. The van der Waals surface area contributed by atoms with E-state index in [1.54, 1.807) is 10.6 Å². The van der Waals surface area contributed by atoms with E-state index < -0.39 is 5.78 Å². The molecule has 0 aliphatic heterocycles. The van der Waals surface area contributed by atoms with Gasteiger partial charge in [0.1, 0.15) is 5.69 Å². The van der Waals surface area contributed by atoms with Crippen molar-refractivity contribution in [3.8, 4) is 11.1 Å². The van der Waals surface area contributed by atoms with Crippen molar-refractivity contribution in [1.29, 1.82) is 0 Å². The van der Waals surface area contributed by atoms with Crippen LogP contribution in [0.3, 0.4) is 0 Å². The number of aromatic nitrogens is 1. The summed E-state index contributed by atoms with van der Waals surface area (Å²) in [5, 5.41) is 0. The molecule has 0 N–H and O–H groups in total. The van der Waals surface area contributed by atoms with E-state index in [-0.39, 0.29) is 0 Å². The van der Waals surface area contributed by atoms with E-state index in [4.69, 9.17) is 0 Å². The molecule has 1 aromatic carbocycles. The van der Waals surface area contributed by atoms with Crippen LogP contribution in [0.25, 0.3) is 16.6 Å². The first kappa shape index (κ1) is 11.4. The summed E-state index contributed by atoms with van der Waals surface area (Å²) in [6.07, 6.45) is 2.15. The lowest BCUT2D eigenvalue weighted by atomic mass is 10.0. The molecule has 19 heavy (non-hydrogen) atoms. The summed E-state index contributed by atoms with van der Waals surface area (Å²) in [5.74, 6) is -0.509. The third-order valence-corrected chi connectivity index (χ3v) is 3.10. The van der Waals surface area contributed by atoms with E-state index in [1.807, 2.05) is 54.6 Å². The van der Waals surface area contributed by atoms with E-state index in [2.05, 4.69) is 0 Å². The minimum absolute atomic E-state index is 0.362. The molecule has 0 amide bonds. The zero-order chi connectivity index (χ0) is 13.2. The van der Waals surface area contributed by atoms with E-state index in [1.165, 1.54) is 0 Å². The summed E-state index contributed by atoms with van der Waals surface area (Å²) in [7, 11) is 0. The van der Waals surface area contributed by atoms with Gasteiger partial charge in [-0.2, -0.15) is 0 Å². The standard InChI is InChI=1S/C16H11NO2/c18-11-15(19)16-14(12-6-2-1-3-7-12)10-13-8-4-5-9-17(13)16/h1-11H. The van der Waals surface area contributed by atoms with Gasteiger partial charge in [0, 0.05) is 17.3 Å². The molecule has 0 unspecified atom stereocenters. The molecule has 0 bridgehead atoms. The minimum Gasteiger partial charge on any atom is -0.313 e. The maximum Gasteiger partial charge on any atom is 0.242 e. The van der Waals surface area contributed by atoms with Crippen LogP contribution in [-0.2, 0) is 4.79 Å². The molecule has 0 spiro atoms. The smallest absolute Gasteiger partial charge is 0.242 e. The van der Waals surface area contributed by atoms with Crippen molar-refractivity contribution in [2.24, 2.45) is 0 Å². The van der Waals surface area contributed by atoms with Gasteiger partial charge in [-0.3, -0.25) is 9.59 Å². The molecule has 0 saturated heterocycles. The number of carbonyl (C=O) groups is 2. The second-order valence-electron chi connectivity index (χ2n) is 4.25. The van der Waals surface area contributed by atoms with Crippen LogP contribution in [0.1, 0.15) is 10.5 Å². The zero-order valence-corrected chi connectivity index (χ0v) is 10.1. The molecule has 0 saturated carbocycles. The van der Waals surface area contributed by atoms with Crippen molar-refractivity contribution < 1.29 is 9.59 Å². The van der Waals surface area contributed by atoms with Crippen molar-refractivity contribution in [3.05, 3.63) is 66.5 Å². The van der Waals surface area contributed by atoms with Crippen LogP contribution in [0, 0.1) is 0 Å². The van der Waals surface area contributed by atoms with Crippen molar-refractivity contribution in [2.75, 3.05) is 0 Å². The Kier molecular flexibility index (Phi) is 2.72. The highest BCUT2D eigenvalue weighted by Gasteiger charge is 2.17. The first-order valence-electron chi connectivity index (χ1n) is 5.96. The third-order valence-electron chi connectivity index (χ3n) is 3.10. The highest BCUT2D eigenvalue weighted by molar-refractivity contribution is 6.34. The van der Waals surface area contributed by atoms with Gasteiger partial charge in [0.2, 0.25) is 5.78 Å². The topological polar surface area (TPSA) is 38.5 Å². The molecular formula is C16H11NO2. The first-order valence-corrected chi connectivity index (χ1v) is 5.96. The first-order chi connectivity index (χ1) is 9.31. The molecule has 92 valence electrons. The number of fused-ring (bicyclic) bond motifs is 1. The number of nitrogens with zero attached hydrogens (tertiary/aromatic N) is 1. The van der Waals surface area contributed by atoms with E-state index in [0.717, 1.165) is 16.6 Å². The van der Waals surface area contributed by atoms with E-state index >= 15 is 0 Å². The summed E-state index contributed by atoms with van der Waals surface area (Å²) in [6, 6.07) is 17.2. The van der Waals surface area contributed by atoms with Gasteiger partial charge in [-0.1, -0.05) is 36.4 Å². The lowest BCUT2D eigenvalue weighted by Crippen LogP contribution is -2.05. The monoisotopic (exact) mass is 249 g/mol. The molecule has 2 aromatic heterocycles. The Labute approximate surface area is 110 Å². The molecule has 3 nitrogen and oxygen atoms in total. The Morgan fingerprint density at radius 1 is 1.00 bits per heavy atom. The van der Waals surface area contributed by atoms with Crippen LogP contribution in [-0.4, -0.2) is 16.5 Å². The van der Waals surface area contributed by atoms with Crippen molar-refractivity contribution in [3.63, 3.8) is 0 Å². The Hall–Kier alpha value is -2.68. The number of benzene rings is 1. The van der Waals surface area contributed by atoms with Crippen LogP contribution < -0.4 is 0 Å². The molecule has 0 aliphatic rings. The number of hydrogen-bond acceptors (Lipinski definition) is 2. The van der Waals surface area contributed by atoms with Gasteiger partial charge in [-0.15, -0.1) is 0 Å². The predicted octanol–water partition coefficient (Wildman–Crippen LogP) is 2.99. The Balaban J connectivity index is 2.35. The number of pyridine rings is 1. The molecular weight excluding hydrogens is 238 g/mol. The fourth-order valence-electron chi connectivity index (χ4n) is 2.27. The van der Waals surface area contributed by atoms with Crippen molar-refractivity contribution in [2.45, 2.75) is 0 Å². The number of ketones is 1. The fraction of sp³-hybridized carbons (Fsp3) is 0. The van der Waals surface area contributed by atoms with Crippen LogP contribution in [0.2, 0.25) is 0 Å². The number of Topliss-reactive ketones (excluding diaryl/α,β-unsaturated/α-hetero) is 1. The number of rotatable bonds is 3. The van der Waals surface area contributed by atoms with Gasteiger partial charge in [0.15, 0.2) is 6.29 Å². The van der Waals surface area contributed by atoms with E-state index in [0.29, 0.717) is 12.0 Å². The maximum absolute atomic E-state index is 11.9. The summed E-state index contributed by atoms with van der Waals surface area (Å²) < 4.78 is 1.75. The van der Waals surface area contributed by atoms with Crippen LogP contribution in [0.4, 0.5) is 0 Å². The van der Waals surface area contributed by atoms with Crippen molar-refractivity contribution >= 4 is 17.6 Å². The summed E-state index contributed by atoms with van der Waals surface area (Å²) in [5.41, 5.74) is 3.02. The predicted molar refractivity (Wildman–Crippen MR) is 73.2 cm³/mol. The van der Waals surface area contributed by atoms with Crippen molar-refractivity contribution in [1.82, 2.24) is 4.40 Å². The van der Waals surface area contributed by atoms with E-state index in [9.17, 15) is 9.59 Å². The molecule has 0 radical (unpaired) electrons. The van der Waals surface area contributed by atoms with Crippen LogP contribution in [0.5, 0.6) is 0 Å². The second-order valence-corrected chi connectivity index (χ2v) is 4.25. The van der Waals surface area contributed by atoms with Gasteiger partial charge >= 0.3 is 0 Å². The molecule has 3 rings (SSSR count). The number of aldehydes is 1. The summed E-state index contributed by atoms with van der Waals surface area (Å²) in [4.78, 5) is 22.8. The molecule has 0 aliphatic carbocycles. The van der Waals surface area contributed by atoms with Gasteiger partial charge < -0.3 is 4.40 Å². The molecule has 2 heterocycles. The molecule has 3 heteroatoms. The Morgan fingerprint density at radius 2 is 1.74 bits per heavy atom. The highest BCUT2D eigenvalue weighted by Crippen LogP contribution is 2.27.